The van der Waals surface area contributed by atoms with Crippen molar-refractivity contribution >= 4 is 21.8 Å². The molecule has 0 unspecified atom stereocenters. The first-order chi connectivity index (χ1) is 15.8. The van der Waals surface area contributed by atoms with Crippen LogP contribution in [0.5, 0.6) is 0 Å². The van der Waals surface area contributed by atoms with Gasteiger partial charge in [0.2, 0.25) is 21.8 Å². The highest BCUT2D eigenvalue weighted by atomic mass is 32.2. The van der Waals surface area contributed by atoms with Crippen LogP contribution >= 0.6 is 0 Å². The van der Waals surface area contributed by atoms with Crippen LogP contribution in [-0.2, 0) is 26.2 Å². The molecule has 0 saturated carbocycles. The van der Waals surface area contributed by atoms with Gasteiger partial charge in [-0.15, -0.1) is 6.42 Å². The number of benzene rings is 2. The van der Waals surface area contributed by atoms with E-state index >= 15 is 0 Å². The van der Waals surface area contributed by atoms with Gasteiger partial charge in [0.25, 0.3) is 0 Å². The molecule has 174 valence electrons. The summed E-state index contributed by atoms with van der Waals surface area (Å²) in [6, 6.07) is 16.2. The van der Waals surface area contributed by atoms with Crippen molar-refractivity contribution in [1.82, 2.24) is 14.1 Å². The number of carbonyl (C=O) groups excluding carboxylic acids is 2. The van der Waals surface area contributed by atoms with E-state index in [0.29, 0.717) is 19.6 Å². The topological polar surface area (TPSA) is 78.0 Å². The average molecular weight is 468 g/mol. The van der Waals surface area contributed by atoms with Crippen LogP contribution in [0.4, 0.5) is 0 Å². The van der Waals surface area contributed by atoms with Crippen LogP contribution in [0.15, 0.2) is 59.5 Å². The van der Waals surface area contributed by atoms with Gasteiger partial charge in [-0.2, -0.15) is 4.31 Å². The molecule has 1 saturated heterocycles. The minimum absolute atomic E-state index is 0.0644. The van der Waals surface area contributed by atoms with Gasteiger partial charge in [0.1, 0.15) is 0 Å². The summed E-state index contributed by atoms with van der Waals surface area (Å²) in [4.78, 5) is 28.8. The van der Waals surface area contributed by atoms with E-state index in [1.54, 1.807) is 40.1 Å². The highest BCUT2D eigenvalue weighted by Gasteiger charge is 2.30. The quantitative estimate of drug-likeness (QED) is 0.558. The average Bonchev–Trinajstić information content (AvgIpc) is 2.84. The number of rotatable bonds is 8. The molecular formula is C25H29N3O4S. The second kappa shape index (κ2) is 11.1. The maximum atomic E-state index is 12.7. The normalized spacial score (nSPS) is 14.5. The van der Waals surface area contributed by atoms with Gasteiger partial charge in [-0.25, -0.2) is 8.42 Å². The summed E-state index contributed by atoms with van der Waals surface area (Å²) in [6.45, 7) is 3.63. The van der Waals surface area contributed by atoms with E-state index in [4.69, 9.17) is 6.42 Å². The van der Waals surface area contributed by atoms with E-state index < -0.39 is 10.0 Å². The number of hydrogen-bond acceptors (Lipinski definition) is 4. The number of hydrogen-bond donors (Lipinski definition) is 0. The Morgan fingerprint density at radius 3 is 2.21 bits per heavy atom. The number of aryl methyl sites for hydroxylation is 1. The molecule has 33 heavy (non-hydrogen) atoms. The molecule has 0 spiro atoms. The Hall–Kier alpha value is -3.15. The lowest BCUT2D eigenvalue weighted by atomic mass is 10.1. The molecule has 1 aliphatic heterocycles. The molecule has 1 aliphatic rings. The van der Waals surface area contributed by atoms with Crippen molar-refractivity contribution in [3.8, 4) is 12.3 Å². The predicted molar refractivity (Wildman–Crippen MR) is 126 cm³/mol. The van der Waals surface area contributed by atoms with Crippen molar-refractivity contribution in [2.75, 3.05) is 32.7 Å². The summed E-state index contributed by atoms with van der Waals surface area (Å²) in [6.07, 6.45) is 5.57. The molecule has 2 amide bonds. The summed E-state index contributed by atoms with van der Waals surface area (Å²) < 4.78 is 26.9. The van der Waals surface area contributed by atoms with E-state index in [-0.39, 0.29) is 49.2 Å². The number of amides is 2. The molecule has 0 aliphatic carbocycles. The van der Waals surface area contributed by atoms with Crippen molar-refractivity contribution in [3.63, 3.8) is 0 Å². The molecular weight excluding hydrogens is 438 g/mol. The Morgan fingerprint density at radius 2 is 1.61 bits per heavy atom. The first-order valence-electron chi connectivity index (χ1n) is 10.9. The van der Waals surface area contributed by atoms with Gasteiger partial charge in [0, 0.05) is 45.6 Å². The Balaban J connectivity index is 1.50. The van der Waals surface area contributed by atoms with Gasteiger partial charge in [-0.3, -0.25) is 9.59 Å². The van der Waals surface area contributed by atoms with Crippen LogP contribution in [0, 0.1) is 19.3 Å². The lowest BCUT2D eigenvalue weighted by Crippen LogP contribution is -2.50. The molecule has 1 fully saturated rings. The third kappa shape index (κ3) is 6.44. The Labute approximate surface area is 196 Å². The molecule has 0 aromatic heterocycles. The van der Waals surface area contributed by atoms with Gasteiger partial charge < -0.3 is 9.80 Å². The van der Waals surface area contributed by atoms with Crippen molar-refractivity contribution in [3.05, 3.63) is 65.7 Å². The predicted octanol–water partition coefficient (Wildman–Crippen LogP) is 2.27. The first-order valence-corrected chi connectivity index (χ1v) is 12.3. The molecule has 2 aromatic carbocycles. The van der Waals surface area contributed by atoms with Crippen molar-refractivity contribution in [1.29, 1.82) is 0 Å². The fraction of sp³-hybridized carbons (Fsp3) is 0.360. The zero-order valence-electron chi connectivity index (χ0n) is 18.8. The minimum atomic E-state index is -3.57. The second-order valence-electron chi connectivity index (χ2n) is 8.04. The molecule has 3 rings (SSSR count). The molecule has 0 atom stereocenters. The van der Waals surface area contributed by atoms with Gasteiger partial charge >= 0.3 is 0 Å². The van der Waals surface area contributed by atoms with Crippen molar-refractivity contribution < 1.29 is 18.0 Å². The Bertz CT molecular complexity index is 1100. The smallest absolute Gasteiger partial charge is 0.243 e. The van der Waals surface area contributed by atoms with E-state index in [0.717, 1.165) is 11.1 Å². The third-order valence-corrected chi connectivity index (χ3v) is 7.57. The SMILES string of the molecule is C#CCN(Cc1ccc(C)cc1)C(=O)CCC(=O)N1CCN(S(=O)(=O)c2ccccc2)CC1. The second-order valence-corrected chi connectivity index (χ2v) is 9.98. The zero-order valence-corrected chi connectivity index (χ0v) is 19.6. The maximum absolute atomic E-state index is 12.7. The largest absolute Gasteiger partial charge is 0.340 e. The Kier molecular flexibility index (Phi) is 8.26. The fourth-order valence-electron chi connectivity index (χ4n) is 3.71. The number of nitrogens with zero attached hydrogens (tertiary/aromatic N) is 3. The summed E-state index contributed by atoms with van der Waals surface area (Å²) >= 11 is 0. The van der Waals surface area contributed by atoms with Crippen LogP contribution in [0.3, 0.4) is 0 Å². The standard InChI is InChI=1S/C25H29N3O4S/c1-3-15-27(20-22-11-9-21(2)10-12-22)25(30)14-13-24(29)26-16-18-28(19-17-26)33(31,32)23-7-5-4-6-8-23/h1,4-12H,13-20H2,2H3. The van der Waals surface area contributed by atoms with Crippen LogP contribution in [0.25, 0.3) is 0 Å². The van der Waals surface area contributed by atoms with Crippen molar-refractivity contribution in [2.24, 2.45) is 0 Å². The number of carbonyl (C=O) groups is 2. The van der Waals surface area contributed by atoms with Gasteiger partial charge in [-0.05, 0) is 24.6 Å². The summed E-state index contributed by atoms with van der Waals surface area (Å²) in [5.74, 6) is 2.18. The van der Waals surface area contributed by atoms with E-state index in [1.807, 2.05) is 31.2 Å². The first kappa shape index (κ1) is 24.5. The zero-order chi connectivity index (χ0) is 23.8. The van der Waals surface area contributed by atoms with Crippen LogP contribution in [0.1, 0.15) is 24.0 Å². The lowest BCUT2D eigenvalue weighted by Gasteiger charge is -2.34. The molecule has 2 aromatic rings. The van der Waals surface area contributed by atoms with E-state index in [2.05, 4.69) is 5.92 Å². The highest BCUT2D eigenvalue weighted by Crippen LogP contribution is 2.18. The minimum Gasteiger partial charge on any atom is -0.340 e. The summed E-state index contributed by atoms with van der Waals surface area (Å²) in [5.41, 5.74) is 2.11. The number of piperazine rings is 1. The van der Waals surface area contributed by atoms with Crippen LogP contribution < -0.4 is 0 Å². The molecule has 7 nitrogen and oxygen atoms in total. The van der Waals surface area contributed by atoms with E-state index in [9.17, 15) is 18.0 Å². The van der Waals surface area contributed by atoms with Crippen LogP contribution in [-0.4, -0.2) is 67.1 Å². The van der Waals surface area contributed by atoms with Crippen LogP contribution in [0.2, 0.25) is 0 Å². The molecule has 0 radical (unpaired) electrons. The third-order valence-electron chi connectivity index (χ3n) is 5.65. The van der Waals surface area contributed by atoms with Crippen molar-refractivity contribution in [2.45, 2.75) is 31.2 Å². The summed E-state index contributed by atoms with van der Waals surface area (Å²) in [5, 5.41) is 0. The molecule has 0 bridgehead atoms. The van der Waals surface area contributed by atoms with Gasteiger partial charge in [-0.1, -0.05) is 53.9 Å². The van der Waals surface area contributed by atoms with Gasteiger partial charge in [0.05, 0.1) is 11.4 Å². The monoisotopic (exact) mass is 467 g/mol. The lowest BCUT2D eigenvalue weighted by molar-refractivity contribution is -0.137. The maximum Gasteiger partial charge on any atom is 0.243 e. The fourth-order valence-corrected chi connectivity index (χ4v) is 5.15. The molecule has 8 heteroatoms. The highest BCUT2D eigenvalue weighted by molar-refractivity contribution is 7.89. The Morgan fingerprint density at radius 1 is 0.970 bits per heavy atom. The molecule has 1 heterocycles. The van der Waals surface area contributed by atoms with E-state index in [1.165, 1.54) is 4.31 Å². The molecule has 0 N–H and O–H groups in total. The summed E-state index contributed by atoms with van der Waals surface area (Å²) in [7, 11) is -3.57. The van der Waals surface area contributed by atoms with Gasteiger partial charge in [0.15, 0.2) is 0 Å². The number of terminal acetylenes is 1. The number of sulfonamides is 1.